The van der Waals surface area contributed by atoms with Crippen molar-refractivity contribution in [2.45, 2.75) is 19.3 Å². The number of carbonyl (C=O) groups is 1. The third kappa shape index (κ3) is 1.55. The summed E-state index contributed by atoms with van der Waals surface area (Å²) < 4.78 is 13.5. The van der Waals surface area contributed by atoms with Crippen LogP contribution >= 0.6 is 11.6 Å². The second-order valence-electron chi connectivity index (χ2n) is 3.70. The molecule has 0 aliphatic heterocycles. The molecular formula is C11H10ClFO. The van der Waals surface area contributed by atoms with E-state index in [1.165, 1.54) is 6.07 Å². The van der Waals surface area contributed by atoms with Crippen LogP contribution in [0, 0.1) is 11.7 Å². The van der Waals surface area contributed by atoms with Gasteiger partial charge in [-0.25, -0.2) is 4.39 Å². The number of Topliss-reactive ketones (excluding diaryl/α,β-unsaturated/α-hetero) is 1. The van der Waals surface area contributed by atoms with Crippen LogP contribution in [0.15, 0.2) is 18.2 Å². The average molecular weight is 213 g/mol. The highest BCUT2D eigenvalue weighted by molar-refractivity contribution is 6.30. The highest BCUT2D eigenvalue weighted by atomic mass is 35.5. The van der Waals surface area contributed by atoms with Gasteiger partial charge in [0.2, 0.25) is 0 Å². The van der Waals surface area contributed by atoms with Crippen LogP contribution in [-0.2, 0) is 4.79 Å². The maximum Gasteiger partial charge on any atom is 0.145 e. The molecule has 0 aromatic heterocycles. The molecule has 2 unspecified atom stereocenters. The Bertz CT molecular complexity index is 389. The number of rotatable bonds is 2. The van der Waals surface area contributed by atoms with E-state index in [0.29, 0.717) is 5.56 Å². The minimum atomic E-state index is -0.372. The quantitative estimate of drug-likeness (QED) is 0.736. The van der Waals surface area contributed by atoms with Gasteiger partial charge in [-0.2, -0.15) is 0 Å². The van der Waals surface area contributed by atoms with Gasteiger partial charge in [0.25, 0.3) is 0 Å². The Morgan fingerprint density at radius 2 is 2.29 bits per heavy atom. The number of ketones is 1. The molecule has 1 aromatic rings. The first-order chi connectivity index (χ1) is 6.61. The van der Waals surface area contributed by atoms with Gasteiger partial charge in [-0.1, -0.05) is 23.7 Å². The monoisotopic (exact) mass is 212 g/mol. The van der Waals surface area contributed by atoms with Crippen molar-refractivity contribution < 1.29 is 9.18 Å². The highest BCUT2D eigenvalue weighted by Crippen LogP contribution is 2.49. The van der Waals surface area contributed by atoms with E-state index in [4.69, 9.17) is 11.6 Å². The Morgan fingerprint density at radius 3 is 2.86 bits per heavy atom. The molecule has 1 saturated carbocycles. The maximum absolute atomic E-state index is 13.5. The van der Waals surface area contributed by atoms with Crippen LogP contribution in [0.25, 0.3) is 0 Å². The smallest absolute Gasteiger partial charge is 0.145 e. The van der Waals surface area contributed by atoms with Gasteiger partial charge in [0.05, 0.1) is 5.02 Å². The van der Waals surface area contributed by atoms with Crippen LogP contribution in [0.5, 0.6) is 0 Å². The topological polar surface area (TPSA) is 17.1 Å². The number of hydrogen-bond donors (Lipinski definition) is 0. The molecule has 14 heavy (non-hydrogen) atoms. The molecule has 1 aliphatic rings. The van der Waals surface area contributed by atoms with Gasteiger partial charge in [-0.05, 0) is 30.9 Å². The van der Waals surface area contributed by atoms with Crippen molar-refractivity contribution in [1.29, 1.82) is 0 Å². The molecule has 0 N–H and O–H groups in total. The van der Waals surface area contributed by atoms with Gasteiger partial charge in [0, 0.05) is 5.92 Å². The lowest BCUT2D eigenvalue weighted by molar-refractivity contribution is -0.118. The first kappa shape index (κ1) is 9.66. The SMILES string of the molecule is CC(=O)C1CC1c1cccc(Cl)c1F. The predicted molar refractivity (Wildman–Crippen MR) is 52.9 cm³/mol. The van der Waals surface area contributed by atoms with Gasteiger partial charge < -0.3 is 0 Å². The van der Waals surface area contributed by atoms with Gasteiger partial charge in [-0.3, -0.25) is 4.79 Å². The van der Waals surface area contributed by atoms with Crippen molar-refractivity contribution >= 4 is 17.4 Å². The first-order valence-corrected chi connectivity index (χ1v) is 4.93. The zero-order valence-corrected chi connectivity index (χ0v) is 8.51. The predicted octanol–water partition coefficient (Wildman–Crippen LogP) is 3.17. The summed E-state index contributed by atoms with van der Waals surface area (Å²) in [5.41, 5.74) is 0.581. The summed E-state index contributed by atoms with van der Waals surface area (Å²) >= 11 is 5.65. The fraction of sp³-hybridized carbons (Fsp3) is 0.364. The van der Waals surface area contributed by atoms with E-state index < -0.39 is 0 Å². The molecule has 0 radical (unpaired) electrons. The molecule has 0 heterocycles. The summed E-state index contributed by atoms with van der Waals surface area (Å²) in [7, 11) is 0. The second kappa shape index (κ2) is 3.35. The van der Waals surface area contributed by atoms with E-state index >= 15 is 0 Å². The van der Waals surface area contributed by atoms with Crippen LogP contribution in [0.1, 0.15) is 24.8 Å². The fourth-order valence-electron chi connectivity index (χ4n) is 1.79. The Labute approximate surface area is 86.9 Å². The molecule has 2 atom stereocenters. The van der Waals surface area contributed by atoms with Gasteiger partial charge in [-0.15, -0.1) is 0 Å². The minimum Gasteiger partial charge on any atom is -0.300 e. The third-order valence-electron chi connectivity index (χ3n) is 2.69. The van der Waals surface area contributed by atoms with Gasteiger partial charge >= 0.3 is 0 Å². The molecule has 1 fully saturated rings. The maximum atomic E-state index is 13.5. The number of hydrogen-bond acceptors (Lipinski definition) is 1. The molecule has 1 aromatic carbocycles. The lowest BCUT2D eigenvalue weighted by atomic mass is 10.1. The summed E-state index contributed by atoms with van der Waals surface area (Å²) in [6, 6.07) is 4.94. The van der Waals surface area contributed by atoms with E-state index in [2.05, 4.69) is 0 Å². The van der Waals surface area contributed by atoms with Crippen LogP contribution in [0.4, 0.5) is 4.39 Å². The van der Waals surface area contributed by atoms with Crippen molar-refractivity contribution in [3.63, 3.8) is 0 Å². The van der Waals surface area contributed by atoms with Gasteiger partial charge in [0.15, 0.2) is 0 Å². The number of carbonyl (C=O) groups excluding carboxylic acids is 1. The molecule has 3 heteroatoms. The second-order valence-corrected chi connectivity index (χ2v) is 4.11. The van der Waals surface area contributed by atoms with Crippen LogP contribution in [0.2, 0.25) is 5.02 Å². The Hall–Kier alpha value is -0.890. The molecule has 74 valence electrons. The summed E-state index contributed by atoms with van der Waals surface area (Å²) in [6.45, 7) is 1.55. The standard InChI is InChI=1S/C11H10ClFO/c1-6(14)8-5-9(8)7-3-2-4-10(12)11(7)13/h2-4,8-9H,5H2,1H3. The zero-order chi connectivity index (χ0) is 10.3. The first-order valence-electron chi connectivity index (χ1n) is 4.55. The van der Waals surface area contributed by atoms with Crippen molar-refractivity contribution in [3.05, 3.63) is 34.6 Å². The number of halogens is 2. The lowest BCUT2D eigenvalue weighted by Gasteiger charge is -2.02. The molecule has 2 rings (SSSR count). The Kier molecular flexibility index (Phi) is 2.31. The average Bonchev–Trinajstić information content (AvgIpc) is 2.89. The molecule has 0 amide bonds. The van der Waals surface area contributed by atoms with Crippen LogP contribution in [-0.4, -0.2) is 5.78 Å². The molecule has 1 aliphatic carbocycles. The van der Waals surface area contributed by atoms with E-state index in [9.17, 15) is 9.18 Å². The van der Waals surface area contributed by atoms with Crippen molar-refractivity contribution in [3.8, 4) is 0 Å². The van der Waals surface area contributed by atoms with Crippen molar-refractivity contribution in [2.75, 3.05) is 0 Å². The lowest BCUT2D eigenvalue weighted by Crippen LogP contribution is -1.96. The van der Waals surface area contributed by atoms with Crippen molar-refractivity contribution in [2.24, 2.45) is 5.92 Å². The Morgan fingerprint density at radius 1 is 1.57 bits per heavy atom. The summed E-state index contributed by atoms with van der Waals surface area (Å²) in [5.74, 6) is -0.188. The van der Waals surface area contributed by atoms with Crippen LogP contribution < -0.4 is 0 Å². The minimum absolute atomic E-state index is 0.00275. The zero-order valence-electron chi connectivity index (χ0n) is 7.76. The molecule has 0 bridgehead atoms. The van der Waals surface area contributed by atoms with Crippen molar-refractivity contribution in [1.82, 2.24) is 0 Å². The molecule has 1 nitrogen and oxygen atoms in total. The molecule has 0 saturated heterocycles. The summed E-state index contributed by atoms with van der Waals surface area (Å²) in [6.07, 6.45) is 0.757. The summed E-state index contributed by atoms with van der Waals surface area (Å²) in [5, 5.41) is 0.136. The third-order valence-corrected chi connectivity index (χ3v) is 2.99. The van der Waals surface area contributed by atoms with Gasteiger partial charge in [0.1, 0.15) is 11.6 Å². The van der Waals surface area contributed by atoms with E-state index in [1.54, 1.807) is 19.1 Å². The van der Waals surface area contributed by atoms with E-state index in [-0.39, 0.29) is 28.5 Å². The fourth-order valence-corrected chi connectivity index (χ4v) is 1.98. The van der Waals surface area contributed by atoms with E-state index in [1.807, 2.05) is 0 Å². The summed E-state index contributed by atoms with van der Waals surface area (Å²) in [4.78, 5) is 11.0. The largest absolute Gasteiger partial charge is 0.300 e. The molecule has 0 spiro atoms. The van der Waals surface area contributed by atoms with Crippen LogP contribution in [0.3, 0.4) is 0 Å². The normalized spacial score (nSPS) is 24.8. The number of benzene rings is 1. The Balaban J connectivity index is 2.27. The highest BCUT2D eigenvalue weighted by Gasteiger charge is 2.43. The van der Waals surface area contributed by atoms with E-state index in [0.717, 1.165) is 6.42 Å². The molecular weight excluding hydrogens is 203 g/mol.